The van der Waals surface area contributed by atoms with E-state index >= 15 is 0 Å². The molecule has 0 unspecified atom stereocenters. The van der Waals surface area contributed by atoms with Gasteiger partial charge in [0.25, 0.3) is 17.2 Å². The number of carbonyl (C=O) groups is 1. The number of aryl methyl sites for hydroxylation is 1. The van der Waals surface area contributed by atoms with E-state index in [9.17, 15) is 19.7 Å². The van der Waals surface area contributed by atoms with Crippen molar-refractivity contribution in [1.29, 1.82) is 0 Å². The number of methoxy groups -OCH3 is 1. The molecule has 2 aliphatic rings. The monoisotopic (exact) mass is 718 g/mol. The molecule has 11 nitrogen and oxygen atoms in total. The molecule has 1 aromatic heterocycles. The van der Waals surface area contributed by atoms with E-state index in [0.717, 1.165) is 24.3 Å². The predicted octanol–water partition coefficient (Wildman–Crippen LogP) is 7.28. The van der Waals surface area contributed by atoms with Crippen LogP contribution >= 0.6 is 23.5 Å². The Bertz CT molecular complexity index is 1910. The SMILES string of the molecule is CCSC(SCC)[C@@H]1CCCN1C(=O)c1cc(OC)c(OC2CC(COc3ccc(-n4c(C)nc5ccccc5c4=O)cc3)C2)cc1[N+](=O)[O-]. The molecule has 6 rings (SSSR count). The van der Waals surface area contributed by atoms with Gasteiger partial charge in [0.2, 0.25) is 0 Å². The highest BCUT2D eigenvalue weighted by Crippen LogP contribution is 2.41. The van der Waals surface area contributed by atoms with Crippen molar-refractivity contribution in [2.45, 2.75) is 63.2 Å². The van der Waals surface area contributed by atoms with Gasteiger partial charge in [-0.1, -0.05) is 26.0 Å². The van der Waals surface area contributed by atoms with E-state index < -0.39 is 4.92 Å². The topological polar surface area (TPSA) is 126 Å². The minimum Gasteiger partial charge on any atom is -0.493 e. The number of fused-ring (bicyclic) bond motifs is 1. The van der Waals surface area contributed by atoms with Crippen molar-refractivity contribution in [3.63, 3.8) is 0 Å². The van der Waals surface area contributed by atoms with Gasteiger partial charge in [0.15, 0.2) is 11.5 Å². The van der Waals surface area contributed by atoms with Crippen molar-refractivity contribution >= 4 is 46.0 Å². The summed E-state index contributed by atoms with van der Waals surface area (Å²) in [5, 5.41) is 12.8. The Labute approximate surface area is 299 Å². The maximum atomic E-state index is 13.8. The summed E-state index contributed by atoms with van der Waals surface area (Å²) in [6.45, 7) is 7.08. The molecular weight excluding hydrogens is 677 g/mol. The number of likely N-dealkylation sites (tertiary alicyclic amines) is 1. The number of nitro benzene ring substituents is 1. The van der Waals surface area contributed by atoms with E-state index in [1.54, 1.807) is 10.6 Å². The summed E-state index contributed by atoms with van der Waals surface area (Å²) in [6.07, 6.45) is 2.99. The summed E-state index contributed by atoms with van der Waals surface area (Å²) < 4.78 is 19.7. The van der Waals surface area contributed by atoms with E-state index in [1.807, 2.05) is 77.8 Å². The fraction of sp³-hybridized carbons (Fsp3) is 0.432. The molecule has 1 saturated heterocycles. The molecule has 50 heavy (non-hydrogen) atoms. The highest BCUT2D eigenvalue weighted by Gasteiger charge is 2.39. The van der Waals surface area contributed by atoms with E-state index in [0.29, 0.717) is 59.9 Å². The van der Waals surface area contributed by atoms with Crippen LogP contribution in [0.5, 0.6) is 17.2 Å². The first-order valence-electron chi connectivity index (χ1n) is 17.0. The van der Waals surface area contributed by atoms with Gasteiger partial charge >= 0.3 is 0 Å². The Kier molecular flexibility index (Phi) is 11.2. The summed E-state index contributed by atoms with van der Waals surface area (Å²) in [7, 11) is 1.48. The summed E-state index contributed by atoms with van der Waals surface area (Å²) in [5.74, 6) is 3.61. The fourth-order valence-electron chi connectivity index (χ4n) is 6.74. The lowest BCUT2D eigenvalue weighted by molar-refractivity contribution is -0.385. The van der Waals surface area contributed by atoms with Crippen LogP contribution in [0.1, 0.15) is 55.7 Å². The second-order valence-electron chi connectivity index (χ2n) is 12.5. The molecule has 1 aliphatic carbocycles. The number of benzene rings is 3. The number of para-hydroxylation sites is 1. The lowest BCUT2D eigenvalue weighted by Crippen LogP contribution is -2.41. The fourth-order valence-corrected chi connectivity index (χ4v) is 9.61. The third-order valence-electron chi connectivity index (χ3n) is 9.26. The van der Waals surface area contributed by atoms with Gasteiger partial charge in [0.1, 0.15) is 17.1 Å². The molecule has 1 atom stereocenters. The molecule has 1 saturated carbocycles. The third-order valence-corrected chi connectivity index (χ3v) is 12.0. The molecule has 2 heterocycles. The quantitative estimate of drug-likeness (QED) is 0.0746. The molecule has 4 aromatic rings. The Balaban J connectivity index is 1.08. The van der Waals surface area contributed by atoms with Gasteiger partial charge in [-0.3, -0.25) is 24.3 Å². The lowest BCUT2D eigenvalue weighted by Gasteiger charge is -2.35. The molecule has 1 aliphatic heterocycles. The molecule has 0 bridgehead atoms. The number of nitrogens with zero attached hydrogens (tertiary/aromatic N) is 4. The highest BCUT2D eigenvalue weighted by atomic mass is 32.2. The van der Waals surface area contributed by atoms with Gasteiger partial charge in [-0.15, -0.1) is 23.5 Å². The molecular formula is C37H42N4O7S2. The second-order valence-corrected chi connectivity index (χ2v) is 15.6. The maximum absolute atomic E-state index is 13.8. The maximum Gasteiger partial charge on any atom is 0.286 e. The van der Waals surface area contributed by atoms with Crippen LogP contribution in [-0.2, 0) is 0 Å². The van der Waals surface area contributed by atoms with Crippen LogP contribution in [0.4, 0.5) is 5.69 Å². The Hall–Kier alpha value is -4.23. The summed E-state index contributed by atoms with van der Waals surface area (Å²) in [6, 6.07) is 17.5. The van der Waals surface area contributed by atoms with Crippen LogP contribution in [0.15, 0.2) is 65.5 Å². The van der Waals surface area contributed by atoms with E-state index in [2.05, 4.69) is 18.8 Å². The van der Waals surface area contributed by atoms with Gasteiger partial charge in [0, 0.05) is 12.6 Å². The van der Waals surface area contributed by atoms with Crippen LogP contribution in [0.2, 0.25) is 0 Å². The lowest BCUT2D eigenvalue weighted by atomic mass is 9.83. The Morgan fingerprint density at radius 3 is 2.46 bits per heavy atom. The second kappa shape index (κ2) is 15.8. The van der Waals surface area contributed by atoms with Crippen molar-refractivity contribution in [2.24, 2.45) is 5.92 Å². The number of carbonyl (C=O) groups excluding carboxylic acids is 1. The molecule has 3 aromatic carbocycles. The largest absolute Gasteiger partial charge is 0.493 e. The normalized spacial score (nSPS) is 18.7. The van der Waals surface area contributed by atoms with Crippen LogP contribution in [0.3, 0.4) is 0 Å². The smallest absolute Gasteiger partial charge is 0.286 e. The summed E-state index contributed by atoms with van der Waals surface area (Å²) in [4.78, 5) is 45.1. The van der Waals surface area contributed by atoms with Crippen molar-refractivity contribution in [3.8, 4) is 22.9 Å². The molecule has 0 N–H and O–H groups in total. The van der Waals surface area contributed by atoms with Crippen molar-refractivity contribution < 1.29 is 23.9 Å². The molecule has 1 amide bonds. The van der Waals surface area contributed by atoms with Crippen LogP contribution < -0.4 is 19.8 Å². The van der Waals surface area contributed by atoms with E-state index in [4.69, 9.17) is 14.2 Å². The predicted molar refractivity (Wildman–Crippen MR) is 198 cm³/mol. The minimum absolute atomic E-state index is 0.0154. The first kappa shape index (κ1) is 35.6. The third kappa shape index (κ3) is 7.44. The Morgan fingerprint density at radius 1 is 1.06 bits per heavy atom. The number of nitro groups is 1. The number of hydrogen-bond acceptors (Lipinski definition) is 10. The average Bonchev–Trinajstić information content (AvgIpc) is 3.59. The molecule has 0 spiro atoms. The first-order chi connectivity index (χ1) is 24.2. The molecule has 0 radical (unpaired) electrons. The van der Waals surface area contributed by atoms with Crippen LogP contribution in [0, 0.1) is 23.0 Å². The van der Waals surface area contributed by atoms with Crippen molar-refractivity contribution in [3.05, 3.63) is 92.5 Å². The van der Waals surface area contributed by atoms with Gasteiger partial charge in [0.05, 0.1) is 58.0 Å². The van der Waals surface area contributed by atoms with Gasteiger partial charge in [-0.25, -0.2) is 4.98 Å². The number of thioether (sulfide) groups is 2. The zero-order valence-electron chi connectivity index (χ0n) is 28.7. The van der Waals surface area contributed by atoms with Crippen molar-refractivity contribution in [1.82, 2.24) is 14.5 Å². The number of ether oxygens (including phenoxy) is 3. The summed E-state index contributed by atoms with van der Waals surface area (Å²) in [5.41, 5.74) is 1.01. The van der Waals surface area contributed by atoms with Crippen molar-refractivity contribution in [2.75, 3.05) is 31.8 Å². The minimum atomic E-state index is -0.513. The van der Waals surface area contributed by atoms with E-state index in [1.165, 1.54) is 19.2 Å². The highest BCUT2D eigenvalue weighted by molar-refractivity contribution is 8.17. The summed E-state index contributed by atoms with van der Waals surface area (Å²) >= 11 is 3.64. The standard InChI is InChI=1S/C37H42N4O7S2/c1-5-49-37(50-6-2)31-12-9-17-39(31)35(42)29-20-33(46-4)34(21-32(29)41(44)45)48-27-18-24(19-27)22-47-26-15-13-25(14-16-26)40-23(3)38-30-11-8-7-10-28(30)36(40)43/h7-8,10-11,13-16,20-21,24,27,31,37H,5-6,9,12,17-19,22H2,1-4H3/t24?,27?,31-/m0/s1. The number of amides is 1. The molecule has 2 fully saturated rings. The number of hydrogen-bond donors (Lipinski definition) is 0. The van der Waals surface area contributed by atoms with Gasteiger partial charge < -0.3 is 19.1 Å². The average molecular weight is 719 g/mol. The molecule has 13 heteroatoms. The van der Waals surface area contributed by atoms with E-state index in [-0.39, 0.29) is 51.1 Å². The zero-order valence-corrected chi connectivity index (χ0v) is 30.3. The van der Waals surface area contributed by atoms with Gasteiger partial charge in [-0.2, -0.15) is 0 Å². The molecule has 264 valence electrons. The number of aromatic nitrogens is 2. The van der Waals surface area contributed by atoms with Crippen LogP contribution in [-0.4, -0.2) is 73.8 Å². The van der Waals surface area contributed by atoms with Crippen LogP contribution in [0.25, 0.3) is 16.6 Å². The Morgan fingerprint density at radius 2 is 1.78 bits per heavy atom. The first-order valence-corrected chi connectivity index (χ1v) is 19.1. The number of rotatable bonds is 14. The zero-order chi connectivity index (χ0) is 35.4. The van der Waals surface area contributed by atoms with Gasteiger partial charge in [-0.05, 0) is 86.4 Å².